The Morgan fingerprint density at radius 2 is 1.56 bits per heavy atom. The third-order valence-corrected chi connectivity index (χ3v) is 6.93. The van der Waals surface area contributed by atoms with Gasteiger partial charge in [-0.1, -0.05) is 18.2 Å². The van der Waals surface area contributed by atoms with Gasteiger partial charge in [-0.25, -0.2) is 4.79 Å². The number of aliphatic hydroxyl groups excluding tert-OH is 1. The highest BCUT2D eigenvalue weighted by atomic mass is 16.4. The molecule has 16 nitrogen and oxygen atoms in total. The van der Waals surface area contributed by atoms with Crippen LogP contribution in [0.3, 0.4) is 0 Å². The van der Waals surface area contributed by atoms with Gasteiger partial charge in [0.1, 0.15) is 29.6 Å². The number of phenolic OH excluding ortho intramolecular Hbond substituents is 1. The van der Waals surface area contributed by atoms with Gasteiger partial charge in [0, 0.05) is 6.42 Å². The van der Waals surface area contributed by atoms with Crippen LogP contribution in [-0.2, 0) is 36.8 Å². The fourth-order valence-corrected chi connectivity index (χ4v) is 4.41. The number of aliphatic hydroxyl groups is 1. The van der Waals surface area contributed by atoms with E-state index in [2.05, 4.69) is 31.5 Å². The second kappa shape index (κ2) is 16.8. The number of benzene rings is 2. The van der Waals surface area contributed by atoms with Crippen molar-refractivity contribution in [2.24, 2.45) is 21.7 Å². The molecule has 2 aromatic carbocycles. The molecular weight excluding hydrogens is 588 g/mol. The molecule has 11 N–H and O–H groups in total. The molecule has 2 aliphatic rings. The summed E-state index contributed by atoms with van der Waals surface area (Å²) in [7, 11) is 0. The largest absolute Gasteiger partial charge is 0.506 e. The van der Waals surface area contributed by atoms with Crippen molar-refractivity contribution >= 4 is 41.0 Å². The Labute approximate surface area is 258 Å². The van der Waals surface area contributed by atoms with Crippen molar-refractivity contribution in [1.82, 2.24) is 21.3 Å². The van der Waals surface area contributed by atoms with E-state index < -0.39 is 66.9 Å². The average Bonchev–Trinajstić information content (AvgIpc) is 3.01. The SMILES string of the molecule is NCCCCC1NC(=O)CNC(=O)C(N)Cc2ccc(cc2)N=Nc2cc(ccc2O)CC(C(=O)O)NC(=O)C(CO)NC1=O. The fraction of sp³-hybridized carbons (Fsp3) is 0.414. The summed E-state index contributed by atoms with van der Waals surface area (Å²) in [6.45, 7) is -1.02. The Kier molecular flexibility index (Phi) is 12.9. The van der Waals surface area contributed by atoms with E-state index >= 15 is 0 Å². The number of rotatable bonds is 6. The van der Waals surface area contributed by atoms with Crippen molar-refractivity contribution in [1.29, 1.82) is 0 Å². The molecule has 4 unspecified atom stereocenters. The molecule has 0 radical (unpaired) electrons. The van der Waals surface area contributed by atoms with Crippen molar-refractivity contribution in [3.8, 4) is 5.75 Å². The lowest BCUT2D eigenvalue weighted by Crippen LogP contribution is -2.57. The van der Waals surface area contributed by atoms with Gasteiger partial charge in [0.05, 0.1) is 24.9 Å². The van der Waals surface area contributed by atoms with Crippen molar-refractivity contribution in [2.75, 3.05) is 19.7 Å². The smallest absolute Gasteiger partial charge is 0.326 e. The topological polar surface area (TPSA) is 271 Å². The lowest BCUT2D eigenvalue weighted by molar-refractivity contribution is -0.142. The number of unbranched alkanes of at least 4 members (excludes halogenated alkanes) is 1. The van der Waals surface area contributed by atoms with Gasteiger partial charge < -0.3 is 48.1 Å². The predicted molar refractivity (Wildman–Crippen MR) is 161 cm³/mol. The van der Waals surface area contributed by atoms with Gasteiger partial charge >= 0.3 is 5.97 Å². The predicted octanol–water partition coefficient (Wildman–Crippen LogP) is -0.990. The van der Waals surface area contributed by atoms with Gasteiger partial charge in [-0.05, 0) is 67.6 Å². The molecule has 16 heteroatoms. The number of carbonyl (C=O) groups is 5. The molecule has 0 fully saturated rings. The molecule has 2 aromatic rings. The molecule has 0 aliphatic carbocycles. The van der Waals surface area contributed by atoms with Crippen molar-refractivity contribution in [3.63, 3.8) is 0 Å². The number of carbonyl (C=O) groups excluding carboxylic acids is 4. The third-order valence-electron chi connectivity index (χ3n) is 6.93. The monoisotopic (exact) mass is 626 g/mol. The molecule has 4 amide bonds. The highest BCUT2D eigenvalue weighted by Crippen LogP contribution is 2.30. The van der Waals surface area contributed by atoms with Crippen LogP contribution in [-0.4, -0.2) is 88.8 Å². The average molecular weight is 627 g/mol. The molecule has 0 spiro atoms. The number of phenols is 1. The first-order valence-corrected chi connectivity index (χ1v) is 14.3. The summed E-state index contributed by atoms with van der Waals surface area (Å²) >= 11 is 0. The summed E-state index contributed by atoms with van der Waals surface area (Å²) in [6.07, 6.45) is 1.03. The van der Waals surface area contributed by atoms with E-state index in [1.165, 1.54) is 18.2 Å². The molecular formula is C29H38N8O8. The Morgan fingerprint density at radius 1 is 0.867 bits per heavy atom. The lowest BCUT2D eigenvalue weighted by atomic mass is 10.0. The number of hydrogen-bond acceptors (Lipinski definition) is 11. The molecule has 0 aromatic heterocycles. The number of amides is 4. The second-order valence-electron chi connectivity index (χ2n) is 10.5. The zero-order valence-electron chi connectivity index (χ0n) is 24.4. The number of nitrogens with one attached hydrogen (secondary N) is 4. The zero-order valence-corrected chi connectivity index (χ0v) is 24.4. The Hall–Kier alpha value is -4.93. The van der Waals surface area contributed by atoms with Gasteiger partial charge in [0.25, 0.3) is 0 Å². The fourth-order valence-electron chi connectivity index (χ4n) is 4.41. The van der Waals surface area contributed by atoms with Crippen LogP contribution in [0.5, 0.6) is 5.75 Å². The van der Waals surface area contributed by atoms with Crippen molar-refractivity contribution in [2.45, 2.75) is 56.3 Å². The number of fused-ring (bicyclic) bond motifs is 16. The van der Waals surface area contributed by atoms with Crippen LogP contribution < -0.4 is 32.7 Å². The van der Waals surface area contributed by atoms with Crippen molar-refractivity contribution in [3.05, 3.63) is 53.6 Å². The van der Waals surface area contributed by atoms with E-state index in [0.29, 0.717) is 36.2 Å². The molecule has 2 aliphatic heterocycles. The Balaban J connectivity index is 1.92. The molecule has 4 rings (SSSR count). The summed E-state index contributed by atoms with van der Waals surface area (Å²) in [4.78, 5) is 63.3. The van der Waals surface area contributed by atoms with E-state index in [1.54, 1.807) is 24.3 Å². The van der Waals surface area contributed by atoms with E-state index in [0.717, 1.165) is 0 Å². The van der Waals surface area contributed by atoms with Crippen LogP contribution in [0.2, 0.25) is 0 Å². The molecule has 2 heterocycles. The van der Waals surface area contributed by atoms with Crippen LogP contribution in [0, 0.1) is 0 Å². The molecule has 4 atom stereocenters. The number of nitrogens with zero attached hydrogens (tertiary/aromatic N) is 2. The molecule has 45 heavy (non-hydrogen) atoms. The molecule has 242 valence electrons. The first-order valence-electron chi connectivity index (χ1n) is 14.3. The van der Waals surface area contributed by atoms with Crippen LogP contribution in [0.4, 0.5) is 11.4 Å². The van der Waals surface area contributed by atoms with Gasteiger partial charge in [-0.15, -0.1) is 5.11 Å². The minimum atomic E-state index is -1.55. The number of azo groups is 1. The molecule has 0 saturated heterocycles. The quantitative estimate of drug-likeness (QED) is 0.139. The van der Waals surface area contributed by atoms with E-state index in [-0.39, 0.29) is 30.7 Å². The van der Waals surface area contributed by atoms with Gasteiger partial charge in [0.15, 0.2) is 0 Å². The highest BCUT2D eigenvalue weighted by Gasteiger charge is 2.29. The lowest BCUT2D eigenvalue weighted by Gasteiger charge is -2.24. The first kappa shape index (κ1) is 34.6. The number of hydrogen-bond donors (Lipinski definition) is 9. The maximum absolute atomic E-state index is 13.1. The van der Waals surface area contributed by atoms with Crippen LogP contribution in [0.15, 0.2) is 52.7 Å². The Bertz CT molecular complexity index is 1400. The van der Waals surface area contributed by atoms with Crippen LogP contribution >= 0.6 is 0 Å². The summed E-state index contributed by atoms with van der Waals surface area (Å²) in [6, 6.07) is 5.62. The van der Waals surface area contributed by atoms with Gasteiger partial charge in [-0.2, -0.15) is 5.11 Å². The van der Waals surface area contributed by atoms with Gasteiger partial charge in [0.2, 0.25) is 23.6 Å². The summed E-state index contributed by atoms with van der Waals surface area (Å²) < 4.78 is 0. The number of aliphatic carboxylic acids is 1. The maximum Gasteiger partial charge on any atom is 0.326 e. The van der Waals surface area contributed by atoms with E-state index in [4.69, 9.17) is 11.5 Å². The molecule has 0 saturated carbocycles. The number of carboxylic acids is 1. The van der Waals surface area contributed by atoms with Gasteiger partial charge in [-0.3, -0.25) is 19.2 Å². The first-order chi connectivity index (χ1) is 21.5. The van der Waals surface area contributed by atoms with E-state index in [9.17, 15) is 39.3 Å². The second-order valence-corrected chi connectivity index (χ2v) is 10.5. The summed E-state index contributed by atoms with van der Waals surface area (Å²) in [5, 5.41) is 47.6. The number of nitrogens with two attached hydrogens (primary N) is 2. The maximum atomic E-state index is 13.1. The van der Waals surface area contributed by atoms with E-state index in [1.807, 2.05) is 0 Å². The van der Waals surface area contributed by atoms with Crippen LogP contribution in [0.1, 0.15) is 30.4 Å². The third kappa shape index (κ3) is 10.6. The van der Waals surface area contributed by atoms with Crippen LogP contribution in [0.25, 0.3) is 0 Å². The summed E-state index contributed by atoms with van der Waals surface area (Å²) in [5.74, 6) is -4.70. The molecule has 4 bridgehead atoms. The highest BCUT2D eigenvalue weighted by molar-refractivity contribution is 5.94. The zero-order chi connectivity index (χ0) is 32.9. The standard InChI is InChI=1S/C29H38N8O8/c30-10-2-1-3-20-27(42)35-23(15-38)28(43)34-22(29(44)45)13-17-6-9-24(39)21(12-17)37-36-18-7-4-16(5-8-18)11-19(31)26(41)32-14-25(40)33-20/h4-9,12,19-20,22-23,38-39H,1-3,10-11,13-15,30-31H2,(H,32,41)(H,33,40)(H,34,43)(H,35,42)(H,44,45). The Morgan fingerprint density at radius 3 is 2.22 bits per heavy atom. The minimum absolute atomic E-state index is 0.0448. The van der Waals surface area contributed by atoms with Crippen molar-refractivity contribution < 1.29 is 39.3 Å². The normalized spacial score (nSPS) is 22.0. The minimum Gasteiger partial charge on any atom is -0.506 e. The number of aromatic hydroxyl groups is 1. The number of carboxylic acid groups (broad SMARTS) is 1. The summed E-state index contributed by atoms with van der Waals surface area (Å²) in [5.41, 5.74) is 13.1.